The number of hydrogen-bond acceptors (Lipinski definition) is 3. The van der Waals surface area contributed by atoms with Crippen molar-refractivity contribution >= 4 is 10.9 Å². The topological polar surface area (TPSA) is 33.6 Å². The average Bonchev–Trinajstić information content (AvgIpc) is 2.98. The third-order valence-electron chi connectivity index (χ3n) is 4.05. The number of benzene rings is 1. The zero-order valence-corrected chi connectivity index (χ0v) is 10.8. The molecular weight excluding hydrogens is 245 g/mol. The maximum Gasteiger partial charge on any atom is 0.144 e. The van der Waals surface area contributed by atoms with E-state index in [-0.39, 0.29) is 12.3 Å². The van der Waals surface area contributed by atoms with E-state index in [1.165, 1.54) is 0 Å². The molecule has 2 aromatic rings. The van der Waals surface area contributed by atoms with Crippen LogP contribution in [0.1, 0.15) is 18.2 Å². The summed E-state index contributed by atoms with van der Waals surface area (Å²) in [5, 5.41) is 5.70. The number of halogens is 1. The van der Waals surface area contributed by atoms with E-state index >= 15 is 0 Å². The molecule has 3 heterocycles. The Kier molecular flexibility index (Phi) is 2.40. The minimum Gasteiger partial charge on any atom is -0.346 e. The highest BCUT2D eigenvalue weighted by Crippen LogP contribution is 2.44. The third kappa shape index (κ3) is 1.76. The Hall–Kier alpha value is -1.46. The number of para-hydroxylation sites is 1. The van der Waals surface area contributed by atoms with Gasteiger partial charge < -0.3 is 4.74 Å². The number of hydrogen-bond donors (Lipinski definition) is 0. The van der Waals surface area contributed by atoms with Gasteiger partial charge in [0.15, 0.2) is 0 Å². The van der Waals surface area contributed by atoms with Crippen LogP contribution in [0.3, 0.4) is 0 Å². The molecule has 1 aromatic heterocycles. The lowest BCUT2D eigenvalue weighted by atomic mass is 10.1. The SMILES string of the molecule is Cn1nc(C2OC2N2CC[C@@H](F)C2)c2ccccc21. The van der Waals surface area contributed by atoms with Crippen LogP contribution in [0.25, 0.3) is 10.9 Å². The maximum absolute atomic E-state index is 13.2. The molecule has 3 atom stereocenters. The fraction of sp³-hybridized carbons (Fsp3) is 0.500. The van der Waals surface area contributed by atoms with Crippen molar-refractivity contribution in [1.82, 2.24) is 14.7 Å². The Morgan fingerprint density at radius 1 is 1.37 bits per heavy atom. The van der Waals surface area contributed by atoms with Crippen LogP contribution in [0.15, 0.2) is 24.3 Å². The van der Waals surface area contributed by atoms with Gasteiger partial charge in [-0.25, -0.2) is 4.39 Å². The predicted molar refractivity (Wildman–Crippen MR) is 69.4 cm³/mol. The fourth-order valence-corrected chi connectivity index (χ4v) is 3.01. The van der Waals surface area contributed by atoms with E-state index in [1.54, 1.807) is 0 Å². The highest BCUT2D eigenvalue weighted by molar-refractivity contribution is 5.82. The highest BCUT2D eigenvalue weighted by Gasteiger charge is 2.49. The van der Waals surface area contributed by atoms with E-state index < -0.39 is 6.17 Å². The first kappa shape index (κ1) is 11.4. The summed E-state index contributed by atoms with van der Waals surface area (Å²) >= 11 is 0. The molecule has 2 aliphatic rings. The van der Waals surface area contributed by atoms with Crippen molar-refractivity contribution in [2.75, 3.05) is 13.1 Å². The minimum atomic E-state index is -0.703. The van der Waals surface area contributed by atoms with Crippen molar-refractivity contribution in [1.29, 1.82) is 0 Å². The number of epoxide rings is 1. The van der Waals surface area contributed by atoms with Gasteiger partial charge >= 0.3 is 0 Å². The van der Waals surface area contributed by atoms with Gasteiger partial charge in [0, 0.05) is 25.5 Å². The normalized spacial score (nSPS) is 31.2. The van der Waals surface area contributed by atoms with E-state index in [0.717, 1.165) is 23.1 Å². The van der Waals surface area contributed by atoms with Gasteiger partial charge in [-0.1, -0.05) is 18.2 Å². The Morgan fingerprint density at radius 3 is 3.00 bits per heavy atom. The zero-order valence-electron chi connectivity index (χ0n) is 10.8. The summed E-state index contributed by atoms with van der Waals surface area (Å²) in [6.45, 7) is 1.28. The van der Waals surface area contributed by atoms with Gasteiger partial charge in [-0.05, 0) is 12.5 Å². The van der Waals surface area contributed by atoms with Gasteiger partial charge in [0.2, 0.25) is 0 Å². The minimum absolute atomic E-state index is 0.00333. The average molecular weight is 261 g/mol. The molecule has 4 rings (SSSR count). The molecule has 2 aliphatic heterocycles. The van der Waals surface area contributed by atoms with Crippen LogP contribution in [0, 0.1) is 0 Å². The Bertz CT molecular complexity index is 626. The molecule has 4 nitrogen and oxygen atoms in total. The van der Waals surface area contributed by atoms with E-state index in [4.69, 9.17) is 4.74 Å². The fourth-order valence-electron chi connectivity index (χ4n) is 3.01. The molecule has 2 saturated heterocycles. The number of alkyl halides is 1. The number of likely N-dealkylation sites (tertiary alicyclic amines) is 1. The van der Waals surface area contributed by atoms with Crippen molar-refractivity contribution in [2.24, 2.45) is 7.05 Å². The van der Waals surface area contributed by atoms with E-state index in [1.807, 2.05) is 23.9 Å². The zero-order chi connectivity index (χ0) is 13.0. The number of aromatic nitrogens is 2. The largest absolute Gasteiger partial charge is 0.346 e. The Balaban J connectivity index is 1.63. The molecule has 0 N–H and O–H groups in total. The quantitative estimate of drug-likeness (QED) is 0.775. The highest BCUT2D eigenvalue weighted by atomic mass is 19.1. The van der Waals surface area contributed by atoms with Crippen molar-refractivity contribution in [3.63, 3.8) is 0 Å². The smallest absolute Gasteiger partial charge is 0.144 e. The number of aryl methyl sites for hydroxylation is 1. The number of fused-ring (bicyclic) bond motifs is 1. The lowest BCUT2D eigenvalue weighted by molar-refractivity contribution is 0.196. The summed E-state index contributed by atoms with van der Waals surface area (Å²) < 4.78 is 20.9. The summed E-state index contributed by atoms with van der Waals surface area (Å²) in [5.41, 5.74) is 2.09. The Morgan fingerprint density at radius 2 is 2.21 bits per heavy atom. The van der Waals surface area contributed by atoms with E-state index in [9.17, 15) is 4.39 Å². The second-order valence-electron chi connectivity index (χ2n) is 5.35. The lowest BCUT2D eigenvalue weighted by Crippen LogP contribution is -2.24. The van der Waals surface area contributed by atoms with Crippen molar-refractivity contribution in [3.8, 4) is 0 Å². The monoisotopic (exact) mass is 261 g/mol. The second kappa shape index (κ2) is 4.02. The van der Waals surface area contributed by atoms with Gasteiger partial charge in [0.1, 0.15) is 24.2 Å². The molecular formula is C14H16FN3O. The predicted octanol–water partition coefficient (Wildman–Crippen LogP) is 2.01. The lowest BCUT2D eigenvalue weighted by Gasteiger charge is -2.09. The molecule has 1 aromatic carbocycles. The van der Waals surface area contributed by atoms with Crippen LogP contribution in [-0.2, 0) is 11.8 Å². The molecule has 0 radical (unpaired) electrons. The molecule has 0 bridgehead atoms. The van der Waals surface area contributed by atoms with Gasteiger partial charge in [-0.2, -0.15) is 5.10 Å². The molecule has 0 aliphatic carbocycles. The first-order chi connectivity index (χ1) is 9.24. The summed E-state index contributed by atoms with van der Waals surface area (Å²) in [6.07, 6.45) is -0.0731. The van der Waals surface area contributed by atoms with Gasteiger partial charge in [0.25, 0.3) is 0 Å². The van der Waals surface area contributed by atoms with Crippen LogP contribution in [0.4, 0.5) is 4.39 Å². The van der Waals surface area contributed by atoms with E-state index in [0.29, 0.717) is 13.0 Å². The number of ether oxygens (including phenoxy) is 1. The van der Waals surface area contributed by atoms with Crippen molar-refractivity contribution < 1.29 is 9.13 Å². The van der Waals surface area contributed by atoms with Crippen molar-refractivity contribution in [3.05, 3.63) is 30.0 Å². The standard InChI is InChI=1S/C14H16FN3O/c1-17-11-5-3-2-4-10(11)12(16-17)13-14(19-13)18-7-6-9(15)8-18/h2-5,9,13-14H,6-8H2,1H3/t9-,13?,14?/m1/s1. The molecule has 5 heteroatoms. The van der Waals surface area contributed by atoms with E-state index in [2.05, 4.69) is 22.1 Å². The van der Waals surface area contributed by atoms with Crippen LogP contribution in [0.5, 0.6) is 0 Å². The number of rotatable bonds is 2. The van der Waals surface area contributed by atoms with Crippen molar-refractivity contribution in [2.45, 2.75) is 24.9 Å². The summed E-state index contributed by atoms with van der Waals surface area (Å²) in [4.78, 5) is 2.08. The van der Waals surface area contributed by atoms with Crippen LogP contribution in [0.2, 0.25) is 0 Å². The Labute approximate surface area is 110 Å². The van der Waals surface area contributed by atoms with Gasteiger partial charge in [0.05, 0.1) is 5.52 Å². The third-order valence-corrected chi connectivity index (χ3v) is 4.05. The number of nitrogens with zero attached hydrogens (tertiary/aromatic N) is 3. The molecule has 0 amide bonds. The second-order valence-corrected chi connectivity index (χ2v) is 5.35. The maximum atomic E-state index is 13.2. The molecule has 0 spiro atoms. The van der Waals surface area contributed by atoms with Crippen LogP contribution >= 0.6 is 0 Å². The molecule has 0 saturated carbocycles. The molecule has 19 heavy (non-hydrogen) atoms. The molecule has 100 valence electrons. The summed E-state index contributed by atoms with van der Waals surface area (Å²) in [6, 6.07) is 8.14. The summed E-state index contributed by atoms with van der Waals surface area (Å²) in [7, 11) is 1.94. The summed E-state index contributed by atoms with van der Waals surface area (Å²) in [5.74, 6) is 0. The molecule has 2 unspecified atom stereocenters. The van der Waals surface area contributed by atoms with Gasteiger partial charge in [-0.15, -0.1) is 0 Å². The van der Waals surface area contributed by atoms with Gasteiger partial charge in [-0.3, -0.25) is 9.58 Å². The molecule has 2 fully saturated rings. The van der Waals surface area contributed by atoms with Crippen LogP contribution < -0.4 is 0 Å². The van der Waals surface area contributed by atoms with Crippen LogP contribution in [-0.4, -0.2) is 40.2 Å². The first-order valence-electron chi connectivity index (χ1n) is 6.69. The first-order valence-corrected chi connectivity index (χ1v) is 6.69.